The first-order valence-corrected chi connectivity index (χ1v) is 17.0. The second kappa shape index (κ2) is 12.0. The van der Waals surface area contributed by atoms with Gasteiger partial charge < -0.3 is 4.90 Å². The van der Waals surface area contributed by atoms with E-state index in [2.05, 4.69) is 187 Å². The highest BCUT2D eigenvalue weighted by Crippen LogP contribution is 2.44. The van der Waals surface area contributed by atoms with Gasteiger partial charge in [-0.2, -0.15) is 0 Å². The molecule has 0 fully saturated rings. The lowest BCUT2D eigenvalue weighted by Gasteiger charge is -2.26. The highest BCUT2D eigenvalue weighted by atomic mass is 32.1. The molecule has 0 N–H and O–H groups in total. The maximum atomic E-state index is 5.30. The number of fused-ring (bicyclic) bond motifs is 5. The smallest absolute Gasteiger partial charge is 0.124 e. The minimum Gasteiger partial charge on any atom is -0.310 e. The van der Waals surface area contributed by atoms with Gasteiger partial charge in [0.05, 0.1) is 10.2 Å². The van der Waals surface area contributed by atoms with Gasteiger partial charge in [0.2, 0.25) is 0 Å². The van der Waals surface area contributed by atoms with Crippen molar-refractivity contribution >= 4 is 60.2 Å². The lowest BCUT2D eigenvalue weighted by molar-refractivity contribution is 1.29. The molecule has 48 heavy (non-hydrogen) atoms. The summed E-state index contributed by atoms with van der Waals surface area (Å²) >= 11 is 1.76. The SMILES string of the molecule is c1ccc(-c2ccc(-c3cc4ccc5sc(-c6ccccc6)nc5c4c4cc(N(c5ccccc5)c5ccccc5)ccc34)cc2)cc1. The molecule has 0 aliphatic carbocycles. The Morgan fingerprint density at radius 1 is 0.417 bits per heavy atom. The van der Waals surface area contributed by atoms with Gasteiger partial charge in [0.1, 0.15) is 5.01 Å². The van der Waals surface area contributed by atoms with Crippen LogP contribution in [0, 0.1) is 0 Å². The molecule has 9 rings (SSSR count). The van der Waals surface area contributed by atoms with Crippen LogP contribution in [-0.2, 0) is 0 Å². The monoisotopic (exact) mass is 630 g/mol. The first kappa shape index (κ1) is 28.2. The number of hydrogen-bond acceptors (Lipinski definition) is 3. The van der Waals surface area contributed by atoms with Crippen molar-refractivity contribution in [3.8, 4) is 32.8 Å². The predicted octanol–water partition coefficient (Wildman–Crippen LogP) is 13.1. The molecule has 0 bridgehead atoms. The van der Waals surface area contributed by atoms with Crippen molar-refractivity contribution in [2.24, 2.45) is 0 Å². The molecule has 0 aliphatic rings. The minimum atomic E-state index is 1.04. The second-order valence-corrected chi connectivity index (χ2v) is 13.0. The normalized spacial score (nSPS) is 11.3. The predicted molar refractivity (Wildman–Crippen MR) is 206 cm³/mol. The van der Waals surface area contributed by atoms with Crippen LogP contribution in [0.3, 0.4) is 0 Å². The van der Waals surface area contributed by atoms with Crippen molar-refractivity contribution in [3.05, 3.63) is 182 Å². The number of nitrogens with zero attached hydrogens (tertiary/aromatic N) is 2. The molecule has 0 saturated heterocycles. The summed E-state index contributed by atoms with van der Waals surface area (Å²) in [5.74, 6) is 0. The zero-order valence-corrected chi connectivity index (χ0v) is 26.9. The molecule has 9 aromatic rings. The molecule has 8 aromatic carbocycles. The highest BCUT2D eigenvalue weighted by molar-refractivity contribution is 7.21. The van der Waals surface area contributed by atoms with E-state index in [1.807, 2.05) is 0 Å². The molecule has 0 aliphatic heterocycles. The molecule has 0 radical (unpaired) electrons. The van der Waals surface area contributed by atoms with Crippen LogP contribution in [0.4, 0.5) is 17.1 Å². The Balaban J connectivity index is 1.30. The number of aromatic nitrogens is 1. The number of thiazole rings is 1. The zero-order chi connectivity index (χ0) is 31.9. The van der Waals surface area contributed by atoms with E-state index in [1.54, 1.807) is 11.3 Å². The van der Waals surface area contributed by atoms with E-state index in [9.17, 15) is 0 Å². The van der Waals surface area contributed by atoms with Gasteiger partial charge in [0.25, 0.3) is 0 Å². The molecule has 0 amide bonds. The molecular formula is C45H30N2S. The van der Waals surface area contributed by atoms with Crippen LogP contribution < -0.4 is 4.90 Å². The average molecular weight is 631 g/mol. The van der Waals surface area contributed by atoms with Gasteiger partial charge in [0.15, 0.2) is 0 Å². The van der Waals surface area contributed by atoms with Gasteiger partial charge in [0, 0.05) is 28.0 Å². The van der Waals surface area contributed by atoms with Gasteiger partial charge in [-0.25, -0.2) is 4.98 Å². The van der Waals surface area contributed by atoms with Gasteiger partial charge in [-0.15, -0.1) is 11.3 Å². The largest absolute Gasteiger partial charge is 0.310 e. The fourth-order valence-corrected chi connectivity index (χ4v) is 7.76. The van der Waals surface area contributed by atoms with Crippen LogP contribution in [0.2, 0.25) is 0 Å². The van der Waals surface area contributed by atoms with E-state index in [0.717, 1.165) is 33.1 Å². The van der Waals surface area contributed by atoms with E-state index in [1.165, 1.54) is 48.5 Å². The molecule has 0 atom stereocenters. The zero-order valence-electron chi connectivity index (χ0n) is 26.1. The third-order valence-corrected chi connectivity index (χ3v) is 10.1. The Morgan fingerprint density at radius 3 is 1.62 bits per heavy atom. The first-order valence-electron chi connectivity index (χ1n) is 16.2. The molecule has 0 spiro atoms. The summed E-state index contributed by atoms with van der Waals surface area (Å²) in [5, 5.41) is 5.82. The molecule has 226 valence electrons. The summed E-state index contributed by atoms with van der Waals surface area (Å²) in [6, 6.07) is 65.0. The van der Waals surface area contributed by atoms with Crippen LogP contribution in [0.5, 0.6) is 0 Å². The van der Waals surface area contributed by atoms with Crippen molar-refractivity contribution in [2.75, 3.05) is 4.90 Å². The van der Waals surface area contributed by atoms with Crippen LogP contribution in [-0.4, -0.2) is 4.98 Å². The van der Waals surface area contributed by atoms with Gasteiger partial charge in [-0.05, 0) is 86.9 Å². The molecule has 3 heteroatoms. The van der Waals surface area contributed by atoms with Gasteiger partial charge in [-0.1, -0.05) is 133 Å². The summed E-state index contributed by atoms with van der Waals surface area (Å²) < 4.78 is 1.19. The molecule has 1 aromatic heterocycles. The molecule has 0 saturated carbocycles. The Hall–Kier alpha value is -6.03. The fourth-order valence-electron chi connectivity index (χ4n) is 6.78. The first-order chi connectivity index (χ1) is 23.8. The van der Waals surface area contributed by atoms with E-state index in [0.29, 0.717) is 0 Å². The molecule has 1 heterocycles. The molecule has 0 unspecified atom stereocenters. The average Bonchev–Trinajstić information content (AvgIpc) is 3.61. The van der Waals surface area contributed by atoms with Crippen molar-refractivity contribution < 1.29 is 0 Å². The minimum absolute atomic E-state index is 1.04. The van der Waals surface area contributed by atoms with E-state index in [-0.39, 0.29) is 0 Å². The Morgan fingerprint density at radius 2 is 0.979 bits per heavy atom. The topological polar surface area (TPSA) is 16.1 Å². The number of hydrogen-bond donors (Lipinski definition) is 0. The summed E-state index contributed by atoms with van der Waals surface area (Å²) in [5.41, 5.74) is 10.4. The Bertz CT molecular complexity index is 2480. The van der Waals surface area contributed by atoms with E-state index < -0.39 is 0 Å². The molecule has 2 nitrogen and oxygen atoms in total. The van der Waals surface area contributed by atoms with E-state index >= 15 is 0 Å². The summed E-state index contributed by atoms with van der Waals surface area (Å²) in [7, 11) is 0. The Labute approximate surface area is 283 Å². The second-order valence-electron chi connectivity index (χ2n) is 12.0. The van der Waals surface area contributed by atoms with Crippen molar-refractivity contribution in [1.82, 2.24) is 4.98 Å². The number of rotatable bonds is 6. The molecular weight excluding hydrogens is 601 g/mol. The number of anilines is 3. The lowest BCUT2D eigenvalue weighted by Crippen LogP contribution is -2.09. The maximum absolute atomic E-state index is 5.30. The Kier molecular flexibility index (Phi) is 7.03. The number of para-hydroxylation sites is 2. The lowest BCUT2D eigenvalue weighted by atomic mass is 9.91. The standard InChI is InChI=1S/C45H30N2S/c1-5-13-31(14-6-1)32-21-23-33(24-22-32)40-29-35-25-28-42-44(46-45(48-42)34-15-7-2-8-16-34)43(35)41-30-38(26-27-39(40)41)47(36-17-9-3-10-18-36)37-19-11-4-12-20-37/h1-30H. The van der Waals surface area contributed by atoms with Crippen LogP contribution in [0.1, 0.15) is 0 Å². The van der Waals surface area contributed by atoms with Crippen LogP contribution >= 0.6 is 11.3 Å². The van der Waals surface area contributed by atoms with Gasteiger partial charge >= 0.3 is 0 Å². The number of benzene rings is 8. The maximum Gasteiger partial charge on any atom is 0.124 e. The quantitative estimate of drug-likeness (QED) is 0.170. The van der Waals surface area contributed by atoms with E-state index in [4.69, 9.17) is 4.98 Å². The third kappa shape index (κ3) is 5.02. The fraction of sp³-hybridized carbons (Fsp3) is 0. The summed E-state index contributed by atoms with van der Waals surface area (Å²) in [6.45, 7) is 0. The van der Waals surface area contributed by atoms with Crippen LogP contribution in [0.15, 0.2) is 182 Å². The third-order valence-electron chi connectivity index (χ3n) is 9.07. The summed E-state index contributed by atoms with van der Waals surface area (Å²) in [6.07, 6.45) is 0. The van der Waals surface area contributed by atoms with Crippen molar-refractivity contribution in [3.63, 3.8) is 0 Å². The summed E-state index contributed by atoms with van der Waals surface area (Å²) in [4.78, 5) is 7.64. The van der Waals surface area contributed by atoms with Crippen LogP contribution in [0.25, 0.3) is 64.6 Å². The van der Waals surface area contributed by atoms with Crippen molar-refractivity contribution in [2.45, 2.75) is 0 Å². The highest BCUT2D eigenvalue weighted by Gasteiger charge is 2.18. The van der Waals surface area contributed by atoms with Gasteiger partial charge in [-0.3, -0.25) is 0 Å². The van der Waals surface area contributed by atoms with Crippen molar-refractivity contribution in [1.29, 1.82) is 0 Å².